The van der Waals surface area contributed by atoms with Gasteiger partial charge >= 0.3 is 0 Å². The summed E-state index contributed by atoms with van der Waals surface area (Å²) < 4.78 is 10.8. The third kappa shape index (κ3) is 4.21. The molecule has 0 saturated heterocycles. The first-order chi connectivity index (χ1) is 10.2. The maximum Gasteiger partial charge on any atom is 0.173 e. The van der Waals surface area contributed by atoms with Crippen molar-refractivity contribution >= 4 is 17.2 Å². The van der Waals surface area contributed by atoms with Gasteiger partial charge in [0.05, 0.1) is 25.9 Å². The van der Waals surface area contributed by atoms with Gasteiger partial charge in [-0.05, 0) is 29.1 Å². The van der Waals surface area contributed by atoms with E-state index < -0.39 is 0 Å². The number of amidine groups is 1. The van der Waals surface area contributed by atoms with Gasteiger partial charge in [-0.2, -0.15) is 0 Å². The topological polar surface area (TPSA) is 77.1 Å². The van der Waals surface area contributed by atoms with Crippen molar-refractivity contribution in [2.75, 3.05) is 13.7 Å². The molecule has 1 aromatic heterocycles. The molecule has 1 aromatic carbocycles. The minimum Gasteiger partial charge on any atom is -0.496 e. The van der Waals surface area contributed by atoms with Crippen LogP contribution in [0, 0.1) is 0 Å². The molecular weight excluding hydrogens is 288 g/mol. The van der Waals surface area contributed by atoms with Gasteiger partial charge in [0.2, 0.25) is 0 Å². The number of rotatable bonds is 7. The first-order valence-corrected chi connectivity index (χ1v) is 7.37. The highest BCUT2D eigenvalue weighted by molar-refractivity contribution is 7.09. The van der Waals surface area contributed by atoms with Gasteiger partial charge in [0.25, 0.3) is 0 Å². The van der Waals surface area contributed by atoms with Crippen molar-refractivity contribution in [3.63, 3.8) is 0 Å². The summed E-state index contributed by atoms with van der Waals surface area (Å²) in [4.78, 5) is 1.31. The Kier molecular flexibility index (Phi) is 5.59. The normalized spacial score (nSPS) is 11.6. The zero-order valence-corrected chi connectivity index (χ0v) is 12.6. The predicted octanol–water partition coefficient (Wildman–Crippen LogP) is 2.61. The number of nitrogens with two attached hydrogens (primary N) is 1. The predicted molar refractivity (Wildman–Crippen MR) is 83.2 cm³/mol. The number of hydrogen-bond donors (Lipinski definition) is 2. The molecule has 3 N–H and O–H groups in total. The van der Waals surface area contributed by atoms with Crippen molar-refractivity contribution in [2.45, 2.75) is 13.0 Å². The Morgan fingerprint density at radius 1 is 1.38 bits per heavy atom. The van der Waals surface area contributed by atoms with Gasteiger partial charge in [0, 0.05) is 11.3 Å². The Labute approximate surface area is 127 Å². The van der Waals surface area contributed by atoms with Gasteiger partial charge < -0.3 is 20.4 Å². The van der Waals surface area contributed by atoms with E-state index in [1.807, 2.05) is 12.1 Å². The van der Waals surface area contributed by atoms with Crippen molar-refractivity contribution in [3.05, 3.63) is 51.7 Å². The van der Waals surface area contributed by atoms with Crippen LogP contribution in [0.4, 0.5) is 0 Å². The molecule has 6 heteroatoms. The van der Waals surface area contributed by atoms with Crippen LogP contribution in [0.1, 0.15) is 16.0 Å². The fraction of sp³-hybridized carbons (Fsp3) is 0.267. The Balaban J connectivity index is 1.94. The molecular formula is C15H18N2O3S. The number of ether oxygens (including phenoxy) is 2. The molecule has 0 aliphatic heterocycles. The minimum atomic E-state index is 0.0206. The number of benzene rings is 1. The fourth-order valence-corrected chi connectivity index (χ4v) is 2.61. The summed E-state index contributed by atoms with van der Waals surface area (Å²) in [6.45, 7) is 1.13. The molecule has 0 saturated carbocycles. The zero-order chi connectivity index (χ0) is 15.1. The van der Waals surface area contributed by atoms with E-state index in [1.165, 1.54) is 4.88 Å². The van der Waals surface area contributed by atoms with Gasteiger partial charge in [-0.25, -0.2) is 0 Å². The largest absolute Gasteiger partial charge is 0.496 e. The highest BCUT2D eigenvalue weighted by Gasteiger charge is 2.09. The van der Waals surface area contributed by atoms with Crippen LogP contribution in [0.2, 0.25) is 0 Å². The van der Waals surface area contributed by atoms with E-state index in [4.69, 9.17) is 20.4 Å². The van der Waals surface area contributed by atoms with Gasteiger partial charge in [-0.1, -0.05) is 17.3 Å². The molecule has 112 valence electrons. The summed E-state index contributed by atoms with van der Waals surface area (Å²) in [5.74, 6) is 0.583. The van der Waals surface area contributed by atoms with Gasteiger partial charge in [0.15, 0.2) is 5.84 Å². The van der Waals surface area contributed by atoms with Gasteiger partial charge in [-0.3, -0.25) is 0 Å². The third-order valence-electron chi connectivity index (χ3n) is 2.99. The lowest BCUT2D eigenvalue weighted by atomic mass is 10.1. The van der Waals surface area contributed by atoms with E-state index in [2.05, 4.69) is 16.6 Å². The summed E-state index contributed by atoms with van der Waals surface area (Å²) in [5.41, 5.74) is 7.14. The second kappa shape index (κ2) is 7.66. The minimum absolute atomic E-state index is 0.0206. The number of nitrogens with zero attached hydrogens (tertiary/aromatic N) is 1. The molecule has 0 fully saturated rings. The number of hydrogen-bond acceptors (Lipinski definition) is 5. The molecule has 0 amide bonds. The Morgan fingerprint density at radius 3 is 2.90 bits per heavy atom. The molecule has 0 atom stereocenters. The van der Waals surface area contributed by atoms with Crippen molar-refractivity contribution in [3.8, 4) is 5.75 Å². The van der Waals surface area contributed by atoms with Crippen molar-refractivity contribution in [1.82, 2.24) is 0 Å². The Hall–Kier alpha value is -2.05. The van der Waals surface area contributed by atoms with E-state index in [0.717, 1.165) is 12.0 Å². The Morgan fingerprint density at radius 2 is 2.24 bits per heavy atom. The van der Waals surface area contributed by atoms with Crippen LogP contribution in [0.3, 0.4) is 0 Å². The lowest BCUT2D eigenvalue weighted by Crippen LogP contribution is -2.15. The van der Waals surface area contributed by atoms with E-state index in [1.54, 1.807) is 30.6 Å². The molecule has 0 aliphatic rings. The van der Waals surface area contributed by atoms with Crippen LogP contribution in [0.25, 0.3) is 0 Å². The molecule has 2 rings (SSSR count). The lowest BCUT2D eigenvalue weighted by molar-refractivity contribution is 0.124. The number of oxime groups is 1. The summed E-state index contributed by atoms with van der Waals surface area (Å²) in [7, 11) is 1.54. The van der Waals surface area contributed by atoms with Crippen LogP contribution >= 0.6 is 11.3 Å². The van der Waals surface area contributed by atoms with E-state index in [9.17, 15) is 0 Å². The summed E-state index contributed by atoms with van der Waals surface area (Å²) in [6, 6.07) is 9.62. The second-order valence-corrected chi connectivity index (χ2v) is 5.43. The quantitative estimate of drug-likeness (QED) is 0.271. The number of thiophene rings is 1. The molecule has 0 spiro atoms. The summed E-state index contributed by atoms with van der Waals surface area (Å²) in [6.07, 6.45) is 0.904. The molecule has 0 unspecified atom stereocenters. The van der Waals surface area contributed by atoms with Crippen molar-refractivity contribution in [2.24, 2.45) is 10.9 Å². The molecule has 0 aliphatic carbocycles. The third-order valence-corrected chi connectivity index (χ3v) is 3.93. The monoisotopic (exact) mass is 306 g/mol. The average Bonchev–Trinajstić information content (AvgIpc) is 3.04. The second-order valence-electron chi connectivity index (χ2n) is 4.40. The van der Waals surface area contributed by atoms with E-state index in [-0.39, 0.29) is 5.84 Å². The molecule has 0 radical (unpaired) electrons. The first kappa shape index (κ1) is 15.3. The smallest absolute Gasteiger partial charge is 0.173 e. The van der Waals surface area contributed by atoms with Crippen LogP contribution < -0.4 is 10.5 Å². The summed E-state index contributed by atoms with van der Waals surface area (Å²) >= 11 is 1.73. The van der Waals surface area contributed by atoms with Crippen molar-refractivity contribution < 1.29 is 14.7 Å². The molecule has 0 bridgehead atoms. The zero-order valence-electron chi connectivity index (χ0n) is 11.8. The average molecular weight is 306 g/mol. The summed E-state index contributed by atoms with van der Waals surface area (Å²) in [5, 5.41) is 13.9. The highest BCUT2D eigenvalue weighted by atomic mass is 32.1. The van der Waals surface area contributed by atoms with Crippen LogP contribution in [0.15, 0.2) is 40.9 Å². The number of methoxy groups -OCH3 is 1. The maximum absolute atomic E-state index is 8.80. The standard InChI is InChI=1S/C15H18N2O3S/c1-19-14-5-4-11(9-13(14)15(16)17-18)10-20-7-6-12-3-2-8-21-12/h2-5,8-9,18H,6-7,10H2,1H3,(H2,16,17). The van der Waals surface area contributed by atoms with Gasteiger partial charge in [0.1, 0.15) is 5.75 Å². The maximum atomic E-state index is 8.80. The van der Waals surface area contributed by atoms with Crippen LogP contribution in [-0.4, -0.2) is 24.8 Å². The SMILES string of the molecule is COc1ccc(COCCc2cccs2)cc1C(N)=NO. The molecule has 2 aromatic rings. The van der Waals surface area contributed by atoms with E-state index >= 15 is 0 Å². The molecule has 1 heterocycles. The molecule has 5 nitrogen and oxygen atoms in total. The highest BCUT2D eigenvalue weighted by Crippen LogP contribution is 2.20. The van der Waals surface area contributed by atoms with E-state index in [0.29, 0.717) is 24.5 Å². The first-order valence-electron chi connectivity index (χ1n) is 6.49. The van der Waals surface area contributed by atoms with Crippen LogP contribution in [0.5, 0.6) is 5.75 Å². The fourth-order valence-electron chi connectivity index (χ4n) is 1.92. The lowest BCUT2D eigenvalue weighted by Gasteiger charge is -2.10. The van der Waals surface area contributed by atoms with Crippen molar-refractivity contribution in [1.29, 1.82) is 0 Å². The van der Waals surface area contributed by atoms with Gasteiger partial charge in [-0.15, -0.1) is 11.3 Å². The Bertz CT molecular complexity index is 597. The molecule has 21 heavy (non-hydrogen) atoms. The van der Waals surface area contributed by atoms with Crippen LogP contribution in [-0.2, 0) is 17.8 Å².